The van der Waals surface area contributed by atoms with E-state index in [1.165, 1.54) is 11.1 Å². The molecule has 0 atom stereocenters. The van der Waals surface area contributed by atoms with Crippen LogP contribution in [0.4, 0.5) is 0 Å². The number of ether oxygens (including phenoxy) is 1. The van der Waals surface area contributed by atoms with E-state index in [0.29, 0.717) is 25.1 Å². The minimum Gasteiger partial charge on any atom is -0.461 e. The van der Waals surface area contributed by atoms with Crippen molar-refractivity contribution in [3.8, 4) is 0 Å². The number of carbonyl (C=O) groups is 1. The molecule has 5 heteroatoms. The van der Waals surface area contributed by atoms with Crippen molar-refractivity contribution in [2.24, 2.45) is 0 Å². The fourth-order valence-corrected chi connectivity index (χ4v) is 1.94. The zero-order valence-corrected chi connectivity index (χ0v) is 12.9. The highest BCUT2D eigenvalue weighted by molar-refractivity contribution is 5.88. The normalized spacial score (nSPS) is 12.9. The number of hydrogen-bond acceptors (Lipinski definition) is 4. The molecule has 1 aliphatic heterocycles. The molecule has 2 rings (SSSR count). The van der Waals surface area contributed by atoms with Gasteiger partial charge < -0.3 is 15.4 Å². The van der Waals surface area contributed by atoms with Crippen molar-refractivity contribution in [1.82, 2.24) is 10.6 Å². The molecule has 0 saturated carbocycles. The second-order valence-corrected chi connectivity index (χ2v) is 4.68. The third kappa shape index (κ3) is 5.61. The number of aryl methyl sites for hydroxylation is 1. The van der Waals surface area contributed by atoms with Crippen LogP contribution in [0.15, 0.2) is 48.3 Å². The van der Waals surface area contributed by atoms with E-state index in [2.05, 4.69) is 29.7 Å². The Morgan fingerprint density at radius 2 is 2.19 bits per heavy atom. The molecule has 1 aromatic rings. The molecule has 0 aliphatic carbocycles. The van der Waals surface area contributed by atoms with Gasteiger partial charge in [0.05, 0.1) is 5.57 Å². The van der Waals surface area contributed by atoms with Gasteiger partial charge in [-0.05, 0) is 24.3 Å². The molecular weight excluding hydrogens is 288 g/mol. The summed E-state index contributed by atoms with van der Waals surface area (Å²) in [6.45, 7) is 3.91. The predicted molar refractivity (Wildman–Crippen MR) is 86.1 cm³/mol. The molecule has 0 fully saturated rings. The van der Waals surface area contributed by atoms with Gasteiger partial charge in [-0.1, -0.05) is 30.3 Å². The predicted octanol–water partition coefficient (Wildman–Crippen LogP) is 2.44. The van der Waals surface area contributed by atoms with Crippen LogP contribution >= 0.6 is 12.4 Å². The van der Waals surface area contributed by atoms with Gasteiger partial charge in [0.15, 0.2) is 0 Å². The molecule has 4 nitrogen and oxygen atoms in total. The van der Waals surface area contributed by atoms with Gasteiger partial charge >= 0.3 is 5.97 Å². The summed E-state index contributed by atoms with van der Waals surface area (Å²) >= 11 is 0. The molecule has 0 bridgehead atoms. The summed E-state index contributed by atoms with van der Waals surface area (Å²) in [7, 11) is 0. The van der Waals surface area contributed by atoms with Gasteiger partial charge in [0.1, 0.15) is 6.61 Å². The van der Waals surface area contributed by atoms with Gasteiger partial charge in [-0.25, -0.2) is 4.79 Å². The fourth-order valence-electron chi connectivity index (χ4n) is 1.94. The summed E-state index contributed by atoms with van der Waals surface area (Å²) in [6.07, 6.45) is 6.01. The number of dihydropyridines is 1. The Balaban J connectivity index is 0.00000220. The van der Waals surface area contributed by atoms with Gasteiger partial charge in [0.2, 0.25) is 0 Å². The first-order chi connectivity index (χ1) is 9.77. The lowest BCUT2D eigenvalue weighted by Crippen LogP contribution is -2.22. The third-order valence-corrected chi connectivity index (χ3v) is 3.16. The van der Waals surface area contributed by atoms with Gasteiger partial charge in [-0.3, -0.25) is 0 Å². The van der Waals surface area contributed by atoms with Crippen LogP contribution in [0.2, 0.25) is 0 Å². The molecule has 1 heterocycles. The number of carbonyl (C=O) groups excluding carboxylic acids is 1. The molecule has 0 aromatic heterocycles. The summed E-state index contributed by atoms with van der Waals surface area (Å²) in [4.78, 5) is 11.7. The third-order valence-electron chi connectivity index (χ3n) is 3.16. The lowest BCUT2D eigenvalue weighted by atomic mass is 10.1. The zero-order chi connectivity index (χ0) is 14.2. The van der Waals surface area contributed by atoms with Crippen LogP contribution in [0.1, 0.15) is 17.5 Å². The van der Waals surface area contributed by atoms with Gasteiger partial charge in [0.25, 0.3) is 0 Å². The van der Waals surface area contributed by atoms with E-state index in [0.717, 1.165) is 6.54 Å². The standard InChI is InChI=1S/C16H20N2O2.ClH/c1-13-5-2-3-6-14(13)11-18-9-10-20-16(19)15-7-4-8-17-12-15;/h2-6,8,12,17-18H,7,9-11H2,1H3;1H. The Labute approximate surface area is 131 Å². The van der Waals surface area contributed by atoms with Crippen molar-refractivity contribution in [3.63, 3.8) is 0 Å². The van der Waals surface area contributed by atoms with Crippen molar-refractivity contribution in [3.05, 3.63) is 59.4 Å². The lowest BCUT2D eigenvalue weighted by molar-refractivity contribution is -0.139. The molecule has 1 aliphatic rings. The summed E-state index contributed by atoms with van der Waals surface area (Å²) in [5.41, 5.74) is 3.19. The Kier molecular flexibility index (Phi) is 7.58. The molecule has 0 unspecified atom stereocenters. The van der Waals surface area contributed by atoms with E-state index in [9.17, 15) is 4.79 Å². The minimum absolute atomic E-state index is 0. The highest BCUT2D eigenvalue weighted by atomic mass is 35.5. The molecule has 21 heavy (non-hydrogen) atoms. The lowest BCUT2D eigenvalue weighted by Gasteiger charge is -2.10. The second-order valence-electron chi connectivity index (χ2n) is 4.68. The zero-order valence-electron chi connectivity index (χ0n) is 12.1. The molecule has 0 spiro atoms. The van der Waals surface area contributed by atoms with Crippen molar-refractivity contribution in [2.75, 3.05) is 13.2 Å². The highest BCUT2D eigenvalue weighted by Crippen LogP contribution is 2.07. The molecule has 0 amide bonds. The number of rotatable bonds is 6. The summed E-state index contributed by atoms with van der Waals surface area (Å²) in [5, 5.41) is 6.16. The number of benzene rings is 1. The largest absolute Gasteiger partial charge is 0.461 e. The summed E-state index contributed by atoms with van der Waals surface area (Å²) in [6, 6.07) is 8.24. The van der Waals surface area contributed by atoms with Gasteiger partial charge in [-0.2, -0.15) is 0 Å². The summed E-state index contributed by atoms with van der Waals surface area (Å²) < 4.78 is 5.21. The summed E-state index contributed by atoms with van der Waals surface area (Å²) in [5.74, 6) is -0.250. The van der Waals surface area contributed by atoms with E-state index in [-0.39, 0.29) is 18.4 Å². The first-order valence-corrected chi connectivity index (χ1v) is 6.80. The number of hydrogen-bond donors (Lipinski definition) is 2. The maximum Gasteiger partial charge on any atom is 0.335 e. The number of esters is 1. The van der Waals surface area contributed by atoms with Crippen LogP contribution < -0.4 is 10.6 Å². The first kappa shape index (κ1) is 17.3. The SMILES string of the molecule is Cc1ccccc1CNCCOC(=O)C1=CNC=CC1.Cl. The monoisotopic (exact) mass is 308 g/mol. The number of halogens is 1. The average Bonchev–Trinajstić information content (AvgIpc) is 2.49. The smallest absolute Gasteiger partial charge is 0.335 e. The Bertz CT molecular complexity index is 527. The maximum atomic E-state index is 11.7. The first-order valence-electron chi connectivity index (χ1n) is 6.80. The average molecular weight is 309 g/mol. The van der Waals surface area contributed by atoms with Crippen LogP contribution in [0.5, 0.6) is 0 Å². The molecule has 0 radical (unpaired) electrons. The Hall–Kier alpha value is -1.78. The topological polar surface area (TPSA) is 50.4 Å². The fraction of sp³-hybridized carbons (Fsp3) is 0.312. The van der Waals surface area contributed by atoms with Crippen LogP contribution in [0.3, 0.4) is 0 Å². The number of allylic oxidation sites excluding steroid dienone is 1. The minimum atomic E-state index is -0.250. The van der Waals surface area contributed by atoms with Crippen LogP contribution in [0.25, 0.3) is 0 Å². The van der Waals surface area contributed by atoms with Crippen LogP contribution in [-0.4, -0.2) is 19.1 Å². The van der Waals surface area contributed by atoms with Crippen molar-refractivity contribution in [1.29, 1.82) is 0 Å². The maximum absolute atomic E-state index is 11.7. The van der Waals surface area contributed by atoms with E-state index in [1.54, 1.807) is 12.4 Å². The van der Waals surface area contributed by atoms with Crippen LogP contribution in [-0.2, 0) is 16.1 Å². The van der Waals surface area contributed by atoms with E-state index >= 15 is 0 Å². The van der Waals surface area contributed by atoms with E-state index < -0.39 is 0 Å². The molecule has 0 saturated heterocycles. The van der Waals surface area contributed by atoms with Gasteiger partial charge in [-0.15, -0.1) is 12.4 Å². The number of nitrogens with one attached hydrogen (secondary N) is 2. The Morgan fingerprint density at radius 1 is 1.38 bits per heavy atom. The van der Waals surface area contributed by atoms with Crippen LogP contribution in [0, 0.1) is 6.92 Å². The van der Waals surface area contributed by atoms with E-state index in [1.807, 2.05) is 18.2 Å². The highest BCUT2D eigenvalue weighted by Gasteiger charge is 2.10. The van der Waals surface area contributed by atoms with E-state index in [4.69, 9.17) is 4.74 Å². The van der Waals surface area contributed by atoms with Crippen molar-refractivity contribution >= 4 is 18.4 Å². The second kappa shape index (κ2) is 9.21. The van der Waals surface area contributed by atoms with Crippen molar-refractivity contribution < 1.29 is 9.53 Å². The quantitative estimate of drug-likeness (QED) is 0.626. The molecule has 2 N–H and O–H groups in total. The molecule has 1 aromatic carbocycles. The molecule has 114 valence electrons. The molecular formula is C16H21ClN2O2. The van der Waals surface area contributed by atoms with Crippen molar-refractivity contribution in [2.45, 2.75) is 19.9 Å². The Morgan fingerprint density at radius 3 is 2.90 bits per heavy atom. The van der Waals surface area contributed by atoms with Gasteiger partial charge in [0, 0.05) is 25.7 Å².